The SMILES string of the molecule is O=C[Si@H](CCC(=O)N1CCc2ccccc2CC1)NC(=O)[C@H](CC1CCCCC1)SNC(=O)OCc1cccc(Cl)c1. The Morgan fingerprint density at radius 3 is 2.43 bits per heavy atom. The topological polar surface area (TPSA) is 105 Å². The number of ether oxygens (including phenoxy) is 1. The molecule has 0 unspecified atom stereocenters. The Labute approximate surface area is 259 Å². The molecule has 2 atom stereocenters. The molecule has 11 heteroatoms. The maximum absolute atomic E-state index is 13.4. The summed E-state index contributed by atoms with van der Waals surface area (Å²) in [5.74, 6) is 0.977. The van der Waals surface area contributed by atoms with E-state index in [1.165, 1.54) is 17.5 Å². The number of hydrogen-bond acceptors (Lipinski definition) is 6. The average Bonchev–Trinajstić information content (AvgIpc) is 3.23. The van der Waals surface area contributed by atoms with Gasteiger partial charge in [0.15, 0.2) is 0 Å². The summed E-state index contributed by atoms with van der Waals surface area (Å²) in [7, 11) is -2.37. The van der Waals surface area contributed by atoms with Gasteiger partial charge >= 0.3 is 6.09 Å². The van der Waals surface area contributed by atoms with E-state index in [9.17, 15) is 19.2 Å². The molecule has 4 rings (SSSR count). The Bertz CT molecular complexity index is 1200. The molecule has 2 N–H and O–H groups in total. The maximum atomic E-state index is 13.4. The summed E-state index contributed by atoms with van der Waals surface area (Å²) in [4.78, 5) is 55.6. The summed E-state index contributed by atoms with van der Waals surface area (Å²) in [6, 6.07) is 15.7. The molecule has 1 aliphatic carbocycles. The van der Waals surface area contributed by atoms with Crippen LogP contribution in [0.25, 0.3) is 0 Å². The second-order valence-corrected chi connectivity index (χ2v) is 14.9. The van der Waals surface area contributed by atoms with E-state index in [-0.39, 0.29) is 24.8 Å². The molecular weight excluding hydrogens is 590 g/mol. The van der Waals surface area contributed by atoms with Crippen LogP contribution in [0, 0.1) is 5.92 Å². The van der Waals surface area contributed by atoms with Crippen molar-refractivity contribution in [1.29, 1.82) is 0 Å². The molecule has 42 heavy (non-hydrogen) atoms. The first-order valence-electron chi connectivity index (χ1n) is 14.8. The van der Waals surface area contributed by atoms with Crippen molar-refractivity contribution in [2.45, 2.75) is 75.7 Å². The van der Waals surface area contributed by atoms with Gasteiger partial charge in [0.1, 0.15) is 17.8 Å². The third-order valence-electron chi connectivity index (χ3n) is 8.04. The van der Waals surface area contributed by atoms with Crippen molar-refractivity contribution in [3.63, 3.8) is 0 Å². The quantitative estimate of drug-likeness (QED) is 0.190. The highest BCUT2D eigenvalue weighted by Gasteiger charge is 2.29. The Balaban J connectivity index is 1.27. The molecule has 1 fully saturated rings. The molecule has 1 aliphatic heterocycles. The van der Waals surface area contributed by atoms with Gasteiger partial charge in [0.05, 0.1) is 0 Å². The van der Waals surface area contributed by atoms with Gasteiger partial charge < -0.3 is 19.4 Å². The van der Waals surface area contributed by atoms with Crippen LogP contribution in [-0.4, -0.2) is 56.0 Å². The third kappa shape index (κ3) is 10.2. The van der Waals surface area contributed by atoms with Crippen LogP contribution in [0.2, 0.25) is 11.1 Å². The van der Waals surface area contributed by atoms with Gasteiger partial charge in [-0.15, -0.1) is 0 Å². The lowest BCUT2D eigenvalue weighted by atomic mass is 9.86. The number of rotatable bonds is 12. The van der Waals surface area contributed by atoms with E-state index < -0.39 is 20.3 Å². The zero-order valence-corrected chi connectivity index (χ0v) is 26.6. The number of carbonyl (C=O) groups is 4. The monoisotopic (exact) mass is 629 g/mol. The zero-order chi connectivity index (χ0) is 29.7. The van der Waals surface area contributed by atoms with Crippen molar-refractivity contribution in [3.8, 4) is 0 Å². The normalized spacial score (nSPS) is 16.8. The van der Waals surface area contributed by atoms with Crippen LogP contribution >= 0.6 is 23.5 Å². The largest absolute Gasteiger partial charge is 0.444 e. The molecule has 3 amide bonds. The van der Waals surface area contributed by atoms with Gasteiger partial charge in [-0.2, -0.15) is 0 Å². The second-order valence-electron chi connectivity index (χ2n) is 11.1. The third-order valence-corrected chi connectivity index (χ3v) is 11.1. The van der Waals surface area contributed by atoms with Crippen LogP contribution in [0.3, 0.4) is 0 Å². The van der Waals surface area contributed by atoms with Crippen LogP contribution < -0.4 is 9.70 Å². The molecule has 1 heterocycles. The van der Waals surface area contributed by atoms with Gasteiger partial charge in [-0.25, -0.2) is 4.79 Å². The van der Waals surface area contributed by atoms with E-state index in [0.717, 1.165) is 61.9 Å². The van der Waals surface area contributed by atoms with Crippen molar-refractivity contribution in [3.05, 3.63) is 70.2 Å². The lowest BCUT2D eigenvalue weighted by Crippen LogP contribution is -2.46. The molecule has 1 saturated carbocycles. The highest BCUT2D eigenvalue weighted by atomic mass is 35.5. The Hall–Kier alpha value is -2.82. The van der Waals surface area contributed by atoms with Gasteiger partial charge in [0, 0.05) is 24.5 Å². The maximum Gasteiger partial charge on any atom is 0.417 e. The zero-order valence-electron chi connectivity index (χ0n) is 23.9. The average molecular weight is 630 g/mol. The fraction of sp³-hybridized carbons (Fsp3) is 0.484. The lowest BCUT2D eigenvalue weighted by Gasteiger charge is -2.26. The standard InChI is InChI=1S/C31H40ClN3O5SSi/c32-27-12-6-9-24(19-27)21-40-31(39)33-41-28(20-23-7-2-1-3-8-23)30(38)34-42(22-36)18-15-29(37)35-16-13-25-10-4-5-11-26(25)14-17-35/h4-6,9-12,19,22-23,28,42H,1-3,7-8,13-18,20-21H2,(H,33,39)(H,34,38)/t28-,42-/m0/s1. The summed E-state index contributed by atoms with van der Waals surface area (Å²) in [5.41, 5.74) is 3.32. The molecule has 8 nitrogen and oxygen atoms in total. The summed E-state index contributed by atoms with van der Waals surface area (Å²) in [6.45, 7) is 1.38. The minimum Gasteiger partial charge on any atom is -0.444 e. The van der Waals surface area contributed by atoms with Crippen LogP contribution in [-0.2, 0) is 38.6 Å². The van der Waals surface area contributed by atoms with Crippen LogP contribution in [0.5, 0.6) is 0 Å². The van der Waals surface area contributed by atoms with Gasteiger partial charge in [-0.05, 0) is 72.0 Å². The van der Waals surface area contributed by atoms with E-state index in [4.69, 9.17) is 16.3 Å². The molecule has 226 valence electrons. The van der Waals surface area contributed by atoms with E-state index in [1.807, 2.05) is 23.1 Å². The predicted octanol–water partition coefficient (Wildman–Crippen LogP) is 5.18. The first-order chi connectivity index (χ1) is 20.4. The molecule has 2 aromatic rings. The van der Waals surface area contributed by atoms with Crippen molar-refractivity contribution in [2.75, 3.05) is 13.1 Å². The predicted molar refractivity (Wildman–Crippen MR) is 169 cm³/mol. The highest BCUT2D eigenvalue weighted by molar-refractivity contribution is 7.99. The van der Waals surface area contributed by atoms with E-state index in [2.05, 4.69) is 21.8 Å². The van der Waals surface area contributed by atoms with E-state index in [0.29, 0.717) is 36.5 Å². The number of halogens is 1. The minimum atomic E-state index is -2.37. The van der Waals surface area contributed by atoms with Crippen molar-refractivity contribution < 1.29 is 23.9 Å². The summed E-state index contributed by atoms with van der Waals surface area (Å²) in [6.07, 6.45) is 7.41. The number of fused-ring (bicyclic) bond motifs is 1. The van der Waals surface area contributed by atoms with Crippen molar-refractivity contribution >= 4 is 56.3 Å². The Morgan fingerprint density at radius 2 is 1.76 bits per heavy atom. The summed E-state index contributed by atoms with van der Waals surface area (Å²) >= 11 is 7.03. The van der Waals surface area contributed by atoms with Gasteiger partial charge in [0.25, 0.3) is 0 Å². The van der Waals surface area contributed by atoms with Crippen LogP contribution in [0.1, 0.15) is 61.6 Å². The second kappa shape index (κ2) is 16.7. The molecular formula is C31H40ClN3O5SSi. The molecule has 0 radical (unpaired) electrons. The van der Waals surface area contributed by atoms with Crippen molar-refractivity contribution in [2.24, 2.45) is 5.92 Å². The van der Waals surface area contributed by atoms with Gasteiger partial charge in [0.2, 0.25) is 20.8 Å². The molecule has 0 spiro atoms. The molecule has 2 aromatic carbocycles. The summed E-state index contributed by atoms with van der Waals surface area (Å²) < 4.78 is 7.97. The molecule has 0 aromatic heterocycles. The molecule has 2 aliphatic rings. The number of nitrogens with one attached hydrogen (secondary N) is 2. The minimum absolute atomic E-state index is 0.0219. The smallest absolute Gasteiger partial charge is 0.417 e. The number of hydrogen-bond donors (Lipinski definition) is 2. The first-order valence-corrected chi connectivity index (χ1v) is 18.2. The molecule has 0 bridgehead atoms. The lowest BCUT2D eigenvalue weighted by molar-refractivity contribution is -0.130. The van der Waals surface area contributed by atoms with Crippen LogP contribution in [0.4, 0.5) is 4.79 Å². The van der Waals surface area contributed by atoms with E-state index in [1.54, 1.807) is 18.2 Å². The van der Waals surface area contributed by atoms with E-state index >= 15 is 0 Å². The number of nitrogens with zero attached hydrogens (tertiary/aromatic N) is 1. The first kappa shape index (κ1) is 32.1. The van der Waals surface area contributed by atoms with Crippen molar-refractivity contribution in [1.82, 2.24) is 14.6 Å². The Kier molecular flexibility index (Phi) is 12.8. The van der Waals surface area contributed by atoms with Gasteiger partial charge in [-0.3, -0.25) is 14.3 Å². The number of amides is 3. The van der Waals surface area contributed by atoms with Crippen LogP contribution in [0.15, 0.2) is 48.5 Å². The fourth-order valence-electron chi connectivity index (χ4n) is 5.66. The van der Waals surface area contributed by atoms with Gasteiger partial charge in [-0.1, -0.05) is 80.1 Å². The Morgan fingerprint density at radius 1 is 1.05 bits per heavy atom. The highest BCUT2D eigenvalue weighted by Crippen LogP contribution is 2.30. The molecule has 0 saturated heterocycles. The fourth-order valence-corrected chi connectivity index (χ4v) is 8.31. The number of carbonyl (C=O) groups excluding carboxylic acids is 4. The number of benzene rings is 2. The summed E-state index contributed by atoms with van der Waals surface area (Å²) in [5, 5.41) is 0.00396.